The van der Waals surface area contributed by atoms with Crippen LogP contribution in [0, 0.1) is 5.82 Å². The van der Waals surface area contributed by atoms with Gasteiger partial charge in [-0.15, -0.1) is 0 Å². The molecule has 116 valence electrons. The molecule has 1 aliphatic rings. The molecular formula is C19H23FN2. The molecular weight excluding hydrogens is 275 g/mol. The monoisotopic (exact) mass is 298 g/mol. The molecule has 2 aromatic carbocycles. The third-order valence-electron chi connectivity index (χ3n) is 4.86. The van der Waals surface area contributed by atoms with Gasteiger partial charge in [0.25, 0.3) is 0 Å². The number of halogens is 1. The third kappa shape index (κ3) is 2.55. The normalized spacial score (nSPS) is 24.3. The average Bonchev–Trinajstić information content (AvgIpc) is 2.50. The van der Waals surface area contributed by atoms with Crippen molar-refractivity contribution in [3.05, 3.63) is 71.0 Å². The van der Waals surface area contributed by atoms with Gasteiger partial charge < -0.3 is 10.6 Å². The van der Waals surface area contributed by atoms with Gasteiger partial charge in [-0.1, -0.05) is 42.5 Å². The predicted molar refractivity (Wildman–Crippen MR) is 88.2 cm³/mol. The summed E-state index contributed by atoms with van der Waals surface area (Å²) in [6.07, 6.45) is 2.53. The van der Waals surface area contributed by atoms with E-state index in [2.05, 4.69) is 37.2 Å². The molecule has 2 unspecified atom stereocenters. The quantitative estimate of drug-likeness (QED) is 0.943. The number of hydrogen-bond donors (Lipinski definition) is 1. The van der Waals surface area contributed by atoms with Gasteiger partial charge in [-0.25, -0.2) is 4.39 Å². The lowest BCUT2D eigenvalue weighted by atomic mass is 9.70. The Kier molecular flexibility index (Phi) is 4.02. The molecule has 0 saturated heterocycles. The molecule has 2 N–H and O–H groups in total. The van der Waals surface area contributed by atoms with Crippen LogP contribution in [0.5, 0.6) is 0 Å². The van der Waals surface area contributed by atoms with E-state index in [9.17, 15) is 4.39 Å². The number of rotatable bonds is 3. The standard InChI is InChI=1S/C19H23FN2/c1-22(2)18-12-11-14-7-3-5-9-16(14)19(18,21)13-15-8-4-6-10-17(15)20/h3-10,18H,11-13,21H2,1-2H3. The first-order valence-electron chi connectivity index (χ1n) is 7.79. The van der Waals surface area contributed by atoms with Crippen molar-refractivity contribution in [2.24, 2.45) is 5.73 Å². The number of likely N-dealkylation sites (N-methyl/N-ethyl adjacent to an activating group) is 1. The maximum atomic E-state index is 14.1. The number of benzene rings is 2. The van der Waals surface area contributed by atoms with Crippen molar-refractivity contribution in [2.75, 3.05) is 14.1 Å². The van der Waals surface area contributed by atoms with Crippen LogP contribution in [0.2, 0.25) is 0 Å². The lowest BCUT2D eigenvalue weighted by Crippen LogP contribution is -2.58. The molecule has 22 heavy (non-hydrogen) atoms. The van der Waals surface area contributed by atoms with E-state index in [1.807, 2.05) is 18.2 Å². The zero-order chi connectivity index (χ0) is 15.7. The van der Waals surface area contributed by atoms with Gasteiger partial charge in [-0.2, -0.15) is 0 Å². The number of aryl methyl sites for hydroxylation is 1. The van der Waals surface area contributed by atoms with Gasteiger partial charge in [-0.3, -0.25) is 0 Å². The topological polar surface area (TPSA) is 29.3 Å². The van der Waals surface area contributed by atoms with Crippen LogP contribution >= 0.6 is 0 Å². The van der Waals surface area contributed by atoms with Crippen molar-refractivity contribution in [1.82, 2.24) is 4.90 Å². The fourth-order valence-corrected chi connectivity index (χ4v) is 3.81. The second-order valence-electron chi connectivity index (χ2n) is 6.48. The highest BCUT2D eigenvalue weighted by Gasteiger charge is 2.42. The SMILES string of the molecule is CN(C)C1CCc2ccccc2C1(N)Cc1ccccc1F. The van der Waals surface area contributed by atoms with E-state index < -0.39 is 5.54 Å². The van der Waals surface area contributed by atoms with Gasteiger partial charge in [0.15, 0.2) is 0 Å². The summed E-state index contributed by atoms with van der Waals surface area (Å²) in [7, 11) is 4.11. The predicted octanol–water partition coefficient (Wildman–Crippen LogP) is 3.10. The molecule has 0 aromatic heterocycles. The largest absolute Gasteiger partial charge is 0.320 e. The van der Waals surface area contributed by atoms with E-state index in [1.165, 1.54) is 11.6 Å². The van der Waals surface area contributed by atoms with Crippen molar-refractivity contribution >= 4 is 0 Å². The molecule has 2 aromatic rings. The minimum absolute atomic E-state index is 0.173. The Bertz CT molecular complexity index is 668. The minimum atomic E-state index is -0.569. The summed E-state index contributed by atoms with van der Waals surface area (Å²) in [5.74, 6) is -0.173. The highest BCUT2D eigenvalue weighted by atomic mass is 19.1. The summed E-state index contributed by atoms with van der Waals surface area (Å²) >= 11 is 0. The molecule has 0 fully saturated rings. The van der Waals surface area contributed by atoms with Crippen molar-refractivity contribution in [2.45, 2.75) is 30.8 Å². The van der Waals surface area contributed by atoms with E-state index in [4.69, 9.17) is 5.73 Å². The van der Waals surface area contributed by atoms with Crippen LogP contribution in [-0.4, -0.2) is 25.0 Å². The van der Waals surface area contributed by atoms with Gasteiger partial charge in [-0.05, 0) is 56.1 Å². The van der Waals surface area contributed by atoms with Crippen molar-refractivity contribution in [3.63, 3.8) is 0 Å². The summed E-state index contributed by atoms with van der Waals surface area (Å²) in [6, 6.07) is 15.5. The highest BCUT2D eigenvalue weighted by Crippen LogP contribution is 2.38. The second kappa shape index (κ2) is 5.82. The molecule has 1 aliphatic carbocycles. The van der Waals surface area contributed by atoms with Crippen LogP contribution in [0.3, 0.4) is 0 Å². The van der Waals surface area contributed by atoms with Crippen LogP contribution in [-0.2, 0) is 18.4 Å². The molecule has 0 spiro atoms. The fourth-order valence-electron chi connectivity index (χ4n) is 3.81. The summed E-state index contributed by atoms with van der Waals surface area (Å²) < 4.78 is 14.1. The number of hydrogen-bond acceptors (Lipinski definition) is 2. The van der Waals surface area contributed by atoms with Gasteiger partial charge in [0.1, 0.15) is 5.82 Å². The van der Waals surface area contributed by atoms with E-state index >= 15 is 0 Å². The summed E-state index contributed by atoms with van der Waals surface area (Å²) in [5.41, 5.74) is 9.47. The summed E-state index contributed by atoms with van der Waals surface area (Å²) in [4.78, 5) is 2.18. The van der Waals surface area contributed by atoms with Crippen molar-refractivity contribution < 1.29 is 4.39 Å². The average molecular weight is 298 g/mol. The van der Waals surface area contributed by atoms with Crippen LogP contribution in [0.25, 0.3) is 0 Å². The van der Waals surface area contributed by atoms with E-state index in [1.54, 1.807) is 6.07 Å². The summed E-state index contributed by atoms with van der Waals surface area (Å²) in [6.45, 7) is 0. The molecule has 0 saturated carbocycles. The first kappa shape index (κ1) is 15.2. The molecule has 0 heterocycles. The lowest BCUT2D eigenvalue weighted by Gasteiger charge is -2.46. The van der Waals surface area contributed by atoms with Crippen LogP contribution in [0.1, 0.15) is 23.1 Å². The number of nitrogens with zero attached hydrogens (tertiary/aromatic N) is 1. The maximum absolute atomic E-state index is 14.1. The third-order valence-corrected chi connectivity index (χ3v) is 4.86. The van der Waals surface area contributed by atoms with Crippen molar-refractivity contribution in [3.8, 4) is 0 Å². The Morgan fingerprint density at radius 2 is 1.82 bits per heavy atom. The van der Waals surface area contributed by atoms with Gasteiger partial charge in [0, 0.05) is 6.04 Å². The van der Waals surface area contributed by atoms with Crippen LogP contribution < -0.4 is 5.73 Å². The molecule has 0 aliphatic heterocycles. The van der Waals surface area contributed by atoms with Crippen LogP contribution in [0.15, 0.2) is 48.5 Å². The number of fused-ring (bicyclic) bond motifs is 1. The van der Waals surface area contributed by atoms with Crippen molar-refractivity contribution in [1.29, 1.82) is 0 Å². The first-order chi connectivity index (χ1) is 10.5. The van der Waals surface area contributed by atoms with E-state index in [0.29, 0.717) is 12.0 Å². The Morgan fingerprint density at radius 3 is 2.55 bits per heavy atom. The molecule has 2 nitrogen and oxygen atoms in total. The smallest absolute Gasteiger partial charge is 0.126 e. The lowest BCUT2D eigenvalue weighted by molar-refractivity contribution is 0.151. The van der Waals surface area contributed by atoms with Gasteiger partial charge in [0.2, 0.25) is 0 Å². The number of nitrogens with two attached hydrogens (primary N) is 1. The Labute approximate surface area is 131 Å². The van der Waals surface area contributed by atoms with E-state index in [0.717, 1.165) is 18.4 Å². The van der Waals surface area contributed by atoms with Gasteiger partial charge >= 0.3 is 0 Å². The fraction of sp³-hybridized carbons (Fsp3) is 0.368. The van der Waals surface area contributed by atoms with E-state index in [-0.39, 0.29) is 11.9 Å². The zero-order valence-electron chi connectivity index (χ0n) is 13.2. The molecule has 0 bridgehead atoms. The second-order valence-corrected chi connectivity index (χ2v) is 6.48. The minimum Gasteiger partial charge on any atom is -0.320 e. The van der Waals surface area contributed by atoms with Gasteiger partial charge in [0.05, 0.1) is 5.54 Å². The summed E-state index contributed by atoms with van der Waals surface area (Å²) in [5, 5.41) is 0. The molecule has 2 atom stereocenters. The molecule has 3 heteroatoms. The van der Waals surface area contributed by atoms with Crippen LogP contribution in [0.4, 0.5) is 4.39 Å². The maximum Gasteiger partial charge on any atom is 0.126 e. The molecule has 0 amide bonds. The Hall–Kier alpha value is -1.71. The molecule has 0 radical (unpaired) electrons. The Balaban J connectivity index is 2.08. The molecule has 3 rings (SSSR count). The Morgan fingerprint density at radius 1 is 1.14 bits per heavy atom. The highest BCUT2D eigenvalue weighted by molar-refractivity contribution is 5.40. The zero-order valence-corrected chi connectivity index (χ0v) is 13.2. The first-order valence-corrected chi connectivity index (χ1v) is 7.79.